The first-order valence-electron chi connectivity index (χ1n) is 8.11. The topological polar surface area (TPSA) is 95.9 Å². The summed E-state index contributed by atoms with van der Waals surface area (Å²) in [6, 6.07) is 1.99. The third kappa shape index (κ3) is 4.15. The SMILES string of the molecule is Cc1cnc(C(=O)NCCNc2cc(N3CCCC3)cnn2)cn1. The zero-order chi connectivity index (χ0) is 16.8. The number of aromatic nitrogens is 4. The first-order chi connectivity index (χ1) is 11.7. The monoisotopic (exact) mass is 327 g/mol. The maximum Gasteiger partial charge on any atom is 0.271 e. The first-order valence-corrected chi connectivity index (χ1v) is 8.11. The second-order valence-corrected chi connectivity index (χ2v) is 5.72. The highest BCUT2D eigenvalue weighted by Crippen LogP contribution is 2.20. The van der Waals surface area contributed by atoms with Crippen molar-refractivity contribution >= 4 is 17.4 Å². The molecule has 2 aromatic rings. The number of aryl methyl sites for hydroxylation is 1. The Morgan fingerprint density at radius 2 is 2.00 bits per heavy atom. The molecule has 0 aliphatic carbocycles. The zero-order valence-corrected chi connectivity index (χ0v) is 13.7. The number of rotatable bonds is 6. The van der Waals surface area contributed by atoms with Crippen molar-refractivity contribution in [3.05, 3.63) is 36.0 Å². The summed E-state index contributed by atoms with van der Waals surface area (Å²) >= 11 is 0. The van der Waals surface area contributed by atoms with E-state index in [1.165, 1.54) is 19.0 Å². The lowest BCUT2D eigenvalue weighted by atomic mass is 10.4. The lowest BCUT2D eigenvalue weighted by Gasteiger charge is -2.17. The minimum atomic E-state index is -0.235. The van der Waals surface area contributed by atoms with Crippen LogP contribution in [0.1, 0.15) is 29.0 Å². The summed E-state index contributed by atoms with van der Waals surface area (Å²) in [6.45, 7) is 4.99. The Hall–Kier alpha value is -2.77. The van der Waals surface area contributed by atoms with Gasteiger partial charge in [0, 0.05) is 38.4 Å². The summed E-state index contributed by atoms with van der Waals surface area (Å²) < 4.78 is 0. The molecular formula is C16H21N7O. The van der Waals surface area contributed by atoms with Crippen LogP contribution in [0.15, 0.2) is 24.7 Å². The largest absolute Gasteiger partial charge is 0.370 e. The van der Waals surface area contributed by atoms with Crippen LogP contribution in [0.3, 0.4) is 0 Å². The highest BCUT2D eigenvalue weighted by atomic mass is 16.1. The number of carbonyl (C=O) groups excluding carboxylic acids is 1. The van der Waals surface area contributed by atoms with Crippen molar-refractivity contribution in [3.63, 3.8) is 0 Å². The third-order valence-electron chi connectivity index (χ3n) is 3.84. The highest BCUT2D eigenvalue weighted by molar-refractivity contribution is 5.91. The van der Waals surface area contributed by atoms with Gasteiger partial charge in [-0.3, -0.25) is 9.78 Å². The first kappa shape index (κ1) is 16.1. The van der Waals surface area contributed by atoms with Crippen molar-refractivity contribution in [3.8, 4) is 0 Å². The van der Waals surface area contributed by atoms with Gasteiger partial charge < -0.3 is 15.5 Å². The van der Waals surface area contributed by atoms with E-state index in [9.17, 15) is 4.79 Å². The molecule has 8 heteroatoms. The van der Waals surface area contributed by atoms with E-state index in [-0.39, 0.29) is 5.91 Å². The van der Waals surface area contributed by atoms with Gasteiger partial charge in [-0.2, -0.15) is 5.10 Å². The molecule has 24 heavy (non-hydrogen) atoms. The maximum absolute atomic E-state index is 11.9. The summed E-state index contributed by atoms with van der Waals surface area (Å²) in [5.41, 5.74) is 2.19. The van der Waals surface area contributed by atoms with Gasteiger partial charge in [-0.25, -0.2) is 4.98 Å². The summed E-state index contributed by atoms with van der Waals surface area (Å²) in [4.78, 5) is 22.3. The molecule has 0 atom stereocenters. The molecule has 8 nitrogen and oxygen atoms in total. The molecule has 3 heterocycles. The smallest absolute Gasteiger partial charge is 0.271 e. The molecule has 0 bridgehead atoms. The molecule has 1 aliphatic rings. The molecule has 0 saturated carbocycles. The molecule has 2 N–H and O–H groups in total. The Balaban J connectivity index is 1.45. The quantitative estimate of drug-likeness (QED) is 0.765. The van der Waals surface area contributed by atoms with Gasteiger partial charge in [0.1, 0.15) is 5.69 Å². The normalized spacial score (nSPS) is 13.8. The van der Waals surface area contributed by atoms with E-state index < -0.39 is 0 Å². The van der Waals surface area contributed by atoms with Crippen LogP contribution >= 0.6 is 0 Å². The van der Waals surface area contributed by atoms with Gasteiger partial charge in [-0.05, 0) is 19.8 Å². The average Bonchev–Trinajstić information content (AvgIpc) is 3.14. The molecule has 0 aromatic carbocycles. The van der Waals surface area contributed by atoms with Gasteiger partial charge in [-0.1, -0.05) is 0 Å². The molecule has 2 aromatic heterocycles. The second-order valence-electron chi connectivity index (χ2n) is 5.72. The van der Waals surface area contributed by atoms with E-state index in [1.807, 2.05) is 13.0 Å². The summed E-state index contributed by atoms with van der Waals surface area (Å²) in [7, 11) is 0. The molecule has 3 rings (SSSR count). The van der Waals surface area contributed by atoms with Crippen LogP contribution in [0.4, 0.5) is 11.5 Å². The van der Waals surface area contributed by atoms with Crippen molar-refractivity contribution in [1.82, 2.24) is 25.5 Å². The second kappa shape index (κ2) is 7.67. The summed E-state index contributed by atoms with van der Waals surface area (Å²) in [5, 5.41) is 14.1. The van der Waals surface area contributed by atoms with Crippen molar-refractivity contribution in [2.24, 2.45) is 0 Å². The van der Waals surface area contributed by atoms with Crippen LogP contribution in [-0.2, 0) is 0 Å². The number of hydrogen-bond acceptors (Lipinski definition) is 7. The number of anilines is 2. The molecule has 1 aliphatic heterocycles. The Labute approximate surface area is 140 Å². The standard InChI is InChI=1S/C16H21N7O/c1-12-9-20-14(11-19-12)16(24)18-5-4-17-15-8-13(10-21-22-15)23-6-2-3-7-23/h8-11H,2-7H2,1H3,(H,17,22)(H,18,24). The molecule has 126 valence electrons. The fraction of sp³-hybridized carbons (Fsp3) is 0.438. The van der Waals surface area contributed by atoms with Gasteiger partial charge >= 0.3 is 0 Å². The number of hydrogen-bond donors (Lipinski definition) is 2. The lowest BCUT2D eigenvalue weighted by Crippen LogP contribution is -2.29. The van der Waals surface area contributed by atoms with Crippen LogP contribution in [0.5, 0.6) is 0 Å². The van der Waals surface area contributed by atoms with E-state index in [0.717, 1.165) is 24.5 Å². The minimum Gasteiger partial charge on any atom is -0.370 e. The van der Waals surface area contributed by atoms with Crippen LogP contribution in [0, 0.1) is 6.92 Å². The zero-order valence-electron chi connectivity index (χ0n) is 13.7. The van der Waals surface area contributed by atoms with E-state index in [4.69, 9.17) is 0 Å². The predicted molar refractivity (Wildman–Crippen MR) is 91.1 cm³/mol. The van der Waals surface area contributed by atoms with Crippen LogP contribution in [0.25, 0.3) is 0 Å². The van der Waals surface area contributed by atoms with Gasteiger partial charge in [-0.15, -0.1) is 5.10 Å². The van der Waals surface area contributed by atoms with Crippen molar-refractivity contribution in [2.45, 2.75) is 19.8 Å². The third-order valence-corrected chi connectivity index (χ3v) is 3.84. The minimum absolute atomic E-state index is 0.235. The van der Waals surface area contributed by atoms with Gasteiger partial charge in [0.25, 0.3) is 5.91 Å². The van der Waals surface area contributed by atoms with E-state index in [0.29, 0.717) is 24.6 Å². The molecular weight excluding hydrogens is 306 g/mol. The number of carbonyl (C=O) groups is 1. The molecule has 1 fully saturated rings. The van der Waals surface area contributed by atoms with Gasteiger partial charge in [0.05, 0.1) is 23.8 Å². The lowest BCUT2D eigenvalue weighted by molar-refractivity contribution is 0.0950. The van der Waals surface area contributed by atoms with E-state index in [1.54, 1.807) is 12.4 Å². The number of nitrogens with one attached hydrogen (secondary N) is 2. The Morgan fingerprint density at radius 3 is 2.75 bits per heavy atom. The van der Waals surface area contributed by atoms with Crippen LogP contribution in [-0.4, -0.2) is 52.3 Å². The Bertz CT molecular complexity index is 683. The molecule has 1 saturated heterocycles. The van der Waals surface area contributed by atoms with Gasteiger partial charge in [0.2, 0.25) is 0 Å². The fourth-order valence-corrected chi connectivity index (χ4v) is 2.56. The van der Waals surface area contributed by atoms with Crippen molar-refractivity contribution in [1.29, 1.82) is 0 Å². The Morgan fingerprint density at radius 1 is 1.17 bits per heavy atom. The van der Waals surface area contributed by atoms with Crippen molar-refractivity contribution < 1.29 is 4.79 Å². The maximum atomic E-state index is 11.9. The summed E-state index contributed by atoms with van der Waals surface area (Å²) in [5.74, 6) is 0.477. The molecule has 0 radical (unpaired) electrons. The van der Waals surface area contributed by atoms with Crippen LogP contribution in [0.2, 0.25) is 0 Å². The molecule has 0 spiro atoms. The van der Waals surface area contributed by atoms with Gasteiger partial charge in [0.15, 0.2) is 5.82 Å². The molecule has 1 amide bonds. The van der Waals surface area contributed by atoms with Crippen LogP contribution < -0.4 is 15.5 Å². The average molecular weight is 327 g/mol. The number of amides is 1. The van der Waals surface area contributed by atoms with E-state index >= 15 is 0 Å². The number of nitrogens with zero attached hydrogens (tertiary/aromatic N) is 5. The predicted octanol–water partition coefficient (Wildman–Crippen LogP) is 1.02. The summed E-state index contributed by atoms with van der Waals surface area (Å²) in [6.07, 6.45) is 7.28. The van der Waals surface area contributed by atoms with E-state index in [2.05, 4.69) is 35.7 Å². The fourth-order valence-electron chi connectivity index (χ4n) is 2.56. The Kier molecular flexibility index (Phi) is 5.15. The van der Waals surface area contributed by atoms with Crippen molar-refractivity contribution in [2.75, 3.05) is 36.4 Å². The molecule has 0 unspecified atom stereocenters. The highest BCUT2D eigenvalue weighted by Gasteiger charge is 2.13.